The van der Waals surface area contributed by atoms with Gasteiger partial charge >= 0.3 is 0 Å². The number of hydrogen-bond acceptors (Lipinski definition) is 6. The SMILES string of the molecule is O=C(CSc1n[nH]c(NN=C2CCCC2)n1)Nc1ccc(F)c(Cl)c1. The Bertz CT molecular complexity index is 788. The zero-order valence-corrected chi connectivity index (χ0v) is 14.8. The number of hydrogen-bond donors (Lipinski definition) is 3. The molecule has 0 atom stereocenters. The zero-order valence-electron chi connectivity index (χ0n) is 13.2. The Kier molecular flexibility index (Phi) is 5.87. The summed E-state index contributed by atoms with van der Waals surface area (Å²) in [7, 11) is 0. The van der Waals surface area contributed by atoms with Crippen molar-refractivity contribution in [3.05, 3.63) is 29.0 Å². The molecule has 0 bridgehead atoms. The first-order chi connectivity index (χ1) is 12.1. The average Bonchev–Trinajstić information content (AvgIpc) is 3.26. The Hall–Kier alpha value is -2.13. The summed E-state index contributed by atoms with van der Waals surface area (Å²) in [5.74, 6) is -0.248. The number of thioether (sulfide) groups is 1. The van der Waals surface area contributed by atoms with E-state index in [1.165, 1.54) is 42.8 Å². The number of rotatable bonds is 6. The molecular weight excluding hydrogens is 367 g/mol. The maximum atomic E-state index is 13.1. The molecule has 0 saturated heterocycles. The maximum absolute atomic E-state index is 13.1. The van der Waals surface area contributed by atoms with E-state index in [9.17, 15) is 9.18 Å². The van der Waals surface area contributed by atoms with Gasteiger partial charge in [-0.25, -0.2) is 14.9 Å². The standard InChI is InChI=1S/C15H16ClFN6OS/c16-11-7-10(5-6-12(11)17)18-13(24)8-25-15-19-14(22-23-15)21-20-9-3-1-2-4-9/h5-7H,1-4,8H2,(H,18,24)(H2,19,21,22,23). The fraction of sp³-hybridized carbons (Fsp3) is 0.333. The third-order valence-electron chi connectivity index (χ3n) is 3.50. The molecule has 1 heterocycles. The van der Waals surface area contributed by atoms with Gasteiger partial charge in [-0.2, -0.15) is 10.1 Å². The summed E-state index contributed by atoms with van der Waals surface area (Å²) in [5.41, 5.74) is 4.40. The fourth-order valence-corrected chi connectivity index (χ4v) is 3.07. The predicted octanol–water partition coefficient (Wildman–Crippen LogP) is 3.67. The molecule has 10 heteroatoms. The van der Waals surface area contributed by atoms with Gasteiger partial charge < -0.3 is 5.32 Å². The third-order valence-corrected chi connectivity index (χ3v) is 4.64. The normalized spacial score (nSPS) is 13.8. The van der Waals surface area contributed by atoms with Crippen molar-refractivity contribution in [3.63, 3.8) is 0 Å². The number of carbonyl (C=O) groups excluding carboxylic acids is 1. The first-order valence-corrected chi connectivity index (χ1v) is 9.08. The second kappa shape index (κ2) is 8.30. The highest BCUT2D eigenvalue weighted by atomic mass is 35.5. The summed E-state index contributed by atoms with van der Waals surface area (Å²) < 4.78 is 13.1. The van der Waals surface area contributed by atoms with Gasteiger partial charge in [0, 0.05) is 11.4 Å². The van der Waals surface area contributed by atoms with E-state index in [0.29, 0.717) is 16.8 Å². The minimum absolute atomic E-state index is 0.0426. The van der Waals surface area contributed by atoms with Gasteiger partial charge in [0.1, 0.15) is 5.82 Å². The average molecular weight is 383 g/mol. The van der Waals surface area contributed by atoms with E-state index in [1.807, 2.05) is 0 Å². The highest BCUT2D eigenvalue weighted by molar-refractivity contribution is 7.99. The van der Waals surface area contributed by atoms with Gasteiger partial charge in [-0.1, -0.05) is 23.4 Å². The van der Waals surface area contributed by atoms with E-state index in [4.69, 9.17) is 11.6 Å². The number of nitrogens with zero attached hydrogens (tertiary/aromatic N) is 3. The first-order valence-electron chi connectivity index (χ1n) is 7.72. The highest BCUT2D eigenvalue weighted by Gasteiger charge is 2.10. The van der Waals surface area contributed by atoms with E-state index >= 15 is 0 Å². The van der Waals surface area contributed by atoms with E-state index in [0.717, 1.165) is 18.6 Å². The predicted molar refractivity (Wildman–Crippen MR) is 96.7 cm³/mol. The van der Waals surface area contributed by atoms with E-state index < -0.39 is 5.82 Å². The van der Waals surface area contributed by atoms with E-state index in [-0.39, 0.29) is 16.7 Å². The summed E-state index contributed by atoms with van der Waals surface area (Å²) in [6, 6.07) is 4.00. The topological polar surface area (TPSA) is 95.1 Å². The molecule has 1 aromatic heterocycles. The minimum Gasteiger partial charge on any atom is -0.325 e. The molecule has 1 saturated carbocycles. The third kappa shape index (κ3) is 5.17. The summed E-state index contributed by atoms with van der Waals surface area (Å²) in [4.78, 5) is 16.1. The number of anilines is 2. The Morgan fingerprint density at radius 1 is 1.40 bits per heavy atom. The zero-order chi connectivity index (χ0) is 17.6. The van der Waals surface area contributed by atoms with Crippen LogP contribution < -0.4 is 10.7 Å². The molecule has 25 heavy (non-hydrogen) atoms. The first kappa shape index (κ1) is 17.7. The maximum Gasteiger partial charge on any atom is 0.240 e. The van der Waals surface area contributed by atoms with Crippen LogP contribution in [0.4, 0.5) is 16.0 Å². The Balaban J connectivity index is 1.47. The van der Waals surface area contributed by atoms with Crippen LogP contribution in [0.25, 0.3) is 0 Å². The van der Waals surface area contributed by atoms with Crippen LogP contribution >= 0.6 is 23.4 Å². The Morgan fingerprint density at radius 2 is 2.20 bits per heavy atom. The molecule has 0 aliphatic heterocycles. The minimum atomic E-state index is -0.532. The van der Waals surface area contributed by atoms with Crippen molar-refractivity contribution in [2.75, 3.05) is 16.5 Å². The molecule has 1 aliphatic rings. The van der Waals surface area contributed by atoms with Gasteiger partial charge in [-0.15, -0.1) is 5.10 Å². The second-order valence-corrected chi connectivity index (χ2v) is 6.78. The molecule has 0 radical (unpaired) electrons. The summed E-state index contributed by atoms with van der Waals surface area (Å²) in [6.45, 7) is 0. The smallest absolute Gasteiger partial charge is 0.240 e. The molecule has 0 spiro atoms. The molecule has 3 N–H and O–H groups in total. The monoisotopic (exact) mass is 382 g/mol. The number of amides is 1. The van der Waals surface area contributed by atoms with Crippen LogP contribution in [0.3, 0.4) is 0 Å². The molecule has 1 aromatic carbocycles. The van der Waals surface area contributed by atoms with Crippen molar-refractivity contribution in [1.29, 1.82) is 0 Å². The van der Waals surface area contributed by atoms with Crippen LogP contribution in [-0.4, -0.2) is 32.6 Å². The number of H-pyrrole nitrogens is 1. The Morgan fingerprint density at radius 3 is 2.96 bits per heavy atom. The number of aromatic nitrogens is 3. The molecule has 1 fully saturated rings. The van der Waals surface area contributed by atoms with Crippen molar-refractivity contribution < 1.29 is 9.18 Å². The molecule has 2 aromatic rings. The van der Waals surface area contributed by atoms with E-state index in [2.05, 4.69) is 31.0 Å². The number of aromatic amines is 1. The molecule has 7 nitrogen and oxygen atoms in total. The highest BCUT2D eigenvalue weighted by Crippen LogP contribution is 2.20. The number of benzene rings is 1. The van der Waals surface area contributed by atoms with Gasteiger partial charge in [0.05, 0.1) is 10.8 Å². The van der Waals surface area contributed by atoms with Crippen LogP contribution in [0, 0.1) is 5.82 Å². The quantitative estimate of drug-likeness (QED) is 0.523. The van der Waals surface area contributed by atoms with Crippen molar-refractivity contribution in [2.24, 2.45) is 5.10 Å². The lowest BCUT2D eigenvalue weighted by molar-refractivity contribution is -0.113. The van der Waals surface area contributed by atoms with Crippen LogP contribution in [0.1, 0.15) is 25.7 Å². The van der Waals surface area contributed by atoms with Gasteiger partial charge in [0.15, 0.2) is 0 Å². The van der Waals surface area contributed by atoms with Gasteiger partial charge in [0.25, 0.3) is 0 Å². The van der Waals surface area contributed by atoms with Crippen molar-refractivity contribution in [2.45, 2.75) is 30.8 Å². The van der Waals surface area contributed by atoms with Crippen LogP contribution in [-0.2, 0) is 4.79 Å². The number of hydrazone groups is 1. The summed E-state index contributed by atoms with van der Waals surface area (Å²) in [6.07, 6.45) is 4.37. The lowest BCUT2D eigenvalue weighted by atomic mass is 10.3. The lowest BCUT2D eigenvalue weighted by Crippen LogP contribution is -2.14. The number of halogens is 2. The van der Waals surface area contributed by atoms with Crippen LogP contribution in [0.2, 0.25) is 5.02 Å². The molecule has 1 amide bonds. The van der Waals surface area contributed by atoms with Crippen molar-refractivity contribution in [3.8, 4) is 0 Å². The van der Waals surface area contributed by atoms with Gasteiger partial charge in [-0.3, -0.25) is 4.79 Å². The van der Waals surface area contributed by atoms with Crippen molar-refractivity contribution >= 4 is 46.6 Å². The molecular formula is C15H16ClFN6OS. The van der Waals surface area contributed by atoms with Gasteiger partial charge in [-0.05, 0) is 43.9 Å². The molecule has 132 valence electrons. The Labute approximate surface area is 152 Å². The molecule has 0 unspecified atom stereocenters. The summed E-state index contributed by atoms with van der Waals surface area (Å²) >= 11 is 6.85. The van der Waals surface area contributed by atoms with E-state index in [1.54, 1.807) is 0 Å². The largest absolute Gasteiger partial charge is 0.325 e. The van der Waals surface area contributed by atoms with Crippen molar-refractivity contribution in [1.82, 2.24) is 15.2 Å². The molecule has 1 aliphatic carbocycles. The summed E-state index contributed by atoms with van der Waals surface area (Å²) in [5, 5.41) is 14.0. The second-order valence-electron chi connectivity index (χ2n) is 5.43. The van der Waals surface area contributed by atoms with Crippen LogP contribution in [0.15, 0.2) is 28.5 Å². The fourth-order valence-electron chi connectivity index (χ4n) is 2.29. The molecule has 3 rings (SSSR count). The number of carbonyl (C=O) groups is 1. The number of nitrogens with one attached hydrogen (secondary N) is 3. The lowest BCUT2D eigenvalue weighted by Gasteiger charge is -2.04. The van der Waals surface area contributed by atoms with Gasteiger partial charge in [0.2, 0.25) is 17.0 Å². The van der Waals surface area contributed by atoms with Crippen LogP contribution in [0.5, 0.6) is 0 Å².